The predicted octanol–water partition coefficient (Wildman–Crippen LogP) is 2.67. The molecule has 1 aromatic carbocycles. The number of aliphatic carboxylic acids is 1. The van der Waals surface area contributed by atoms with Gasteiger partial charge in [0.25, 0.3) is 0 Å². The van der Waals surface area contributed by atoms with Crippen LogP contribution in [0, 0.1) is 0 Å². The molecule has 0 aliphatic heterocycles. The molecule has 0 spiro atoms. The van der Waals surface area contributed by atoms with Crippen molar-refractivity contribution in [3.05, 3.63) is 41.5 Å². The lowest BCUT2D eigenvalue weighted by Gasteiger charge is -2.42. The van der Waals surface area contributed by atoms with Crippen molar-refractivity contribution in [1.29, 1.82) is 0 Å². The number of urea groups is 1. The van der Waals surface area contributed by atoms with E-state index in [1.807, 2.05) is 49.1 Å². The zero-order valence-electron chi connectivity index (χ0n) is 15.8. The maximum absolute atomic E-state index is 12.3. The van der Waals surface area contributed by atoms with Crippen LogP contribution in [0.4, 0.5) is 4.79 Å². The van der Waals surface area contributed by atoms with Crippen LogP contribution in [0.5, 0.6) is 0 Å². The third-order valence-electron chi connectivity index (χ3n) is 4.75. The van der Waals surface area contributed by atoms with Gasteiger partial charge >= 0.3 is 12.0 Å². The van der Waals surface area contributed by atoms with Gasteiger partial charge in [-0.2, -0.15) is 0 Å². The van der Waals surface area contributed by atoms with Gasteiger partial charge in [-0.05, 0) is 31.9 Å². The Morgan fingerprint density at radius 3 is 2.46 bits per heavy atom. The second-order valence-electron chi connectivity index (χ2n) is 6.99. The first-order chi connectivity index (χ1) is 12.4. The van der Waals surface area contributed by atoms with Gasteiger partial charge in [0.2, 0.25) is 0 Å². The van der Waals surface area contributed by atoms with Crippen LogP contribution < -0.4 is 5.32 Å². The monoisotopic (exact) mass is 359 g/mol. The highest BCUT2D eigenvalue weighted by Gasteiger charge is 2.35. The first kappa shape index (κ1) is 20.0. The average Bonchev–Trinajstić information content (AvgIpc) is 2.56. The molecular weight excluding hydrogens is 330 g/mol. The summed E-state index contributed by atoms with van der Waals surface area (Å²) in [6.45, 7) is 5.31. The number of amides is 2. The normalized spacial score (nSPS) is 19.8. The van der Waals surface area contributed by atoms with Crippen LogP contribution in [0.2, 0.25) is 0 Å². The predicted molar refractivity (Wildman–Crippen MR) is 103 cm³/mol. The Morgan fingerprint density at radius 2 is 1.88 bits per heavy atom. The topological polar surface area (TPSA) is 72.9 Å². The molecule has 1 aliphatic rings. The summed E-state index contributed by atoms with van der Waals surface area (Å²) >= 11 is 0. The number of rotatable bonds is 8. The number of carboxylic acid groups (broad SMARTS) is 1. The van der Waals surface area contributed by atoms with E-state index in [4.69, 9.17) is 5.11 Å². The van der Waals surface area contributed by atoms with Crippen molar-refractivity contribution in [3.63, 3.8) is 0 Å². The Bertz CT molecular complexity index is 639. The number of nitrogens with one attached hydrogen (secondary N) is 1. The number of hydrogen-bond acceptors (Lipinski definition) is 3. The van der Waals surface area contributed by atoms with Gasteiger partial charge in [0.05, 0.1) is 6.54 Å². The fourth-order valence-electron chi connectivity index (χ4n) is 3.29. The van der Waals surface area contributed by atoms with Crippen LogP contribution in [0.25, 0.3) is 6.08 Å². The zero-order valence-corrected chi connectivity index (χ0v) is 15.8. The number of hydrogen-bond donors (Lipinski definition) is 2. The Morgan fingerprint density at radius 1 is 1.23 bits per heavy atom. The molecule has 6 heteroatoms. The molecule has 2 N–H and O–H groups in total. The molecule has 0 unspecified atom stereocenters. The summed E-state index contributed by atoms with van der Waals surface area (Å²) in [4.78, 5) is 26.8. The summed E-state index contributed by atoms with van der Waals surface area (Å²) in [5.41, 5.74) is 2.23. The van der Waals surface area contributed by atoms with Gasteiger partial charge < -0.3 is 15.3 Å². The molecule has 1 fully saturated rings. The summed E-state index contributed by atoms with van der Waals surface area (Å²) in [7, 11) is 1.79. The van der Waals surface area contributed by atoms with Gasteiger partial charge in [-0.15, -0.1) is 0 Å². The van der Waals surface area contributed by atoms with Gasteiger partial charge in [-0.25, -0.2) is 4.79 Å². The van der Waals surface area contributed by atoms with Crippen LogP contribution in [0.15, 0.2) is 35.9 Å². The fourth-order valence-corrected chi connectivity index (χ4v) is 3.29. The van der Waals surface area contributed by atoms with Crippen molar-refractivity contribution in [2.75, 3.05) is 26.7 Å². The number of carbonyl (C=O) groups is 2. The van der Waals surface area contributed by atoms with Crippen LogP contribution in [-0.4, -0.2) is 65.7 Å². The maximum atomic E-state index is 12.3. The highest BCUT2D eigenvalue weighted by Crippen LogP contribution is 2.25. The van der Waals surface area contributed by atoms with E-state index >= 15 is 0 Å². The van der Waals surface area contributed by atoms with Gasteiger partial charge in [-0.3, -0.25) is 9.69 Å². The van der Waals surface area contributed by atoms with Gasteiger partial charge in [-0.1, -0.05) is 48.9 Å². The third-order valence-corrected chi connectivity index (χ3v) is 4.75. The van der Waals surface area contributed by atoms with Gasteiger partial charge in [0, 0.05) is 25.7 Å². The zero-order chi connectivity index (χ0) is 19.1. The molecule has 142 valence electrons. The minimum atomic E-state index is -0.806. The van der Waals surface area contributed by atoms with E-state index in [1.54, 1.807) is 11.9 Å². The molecule has 0 bridgehead atoms. The molecular formula is C20H29N3O3. The van der Waals surface area contributed by atoms with Crippen molar-refractivity contribution in [1.82, 2.24) is 15.1 Å². The second-order valence-corrected chi connectivity index (χ2v) is 6.99. The molecule has 0 aromatic heterocycles. The molecule has 0 atom stereocenters. The number of nitrogens with zero attached hydrogens (tertiary/aromatic N) is 2. The molecule has 6 nitrogen and oxygen atoms in total. The highest BCUT2D eigenvalue weighted by atomic mass is 16.4. The molecule has 0 heterocycles. The van der Waals surface area contributed by atoms with Crippen LogP contribution in [0.3, 0.4) is 0 Å². The summed E-state index contributed by atoms with van der Waals surface area (Å²) in [6.07, 6.45) is 3.69. The lowest BCUT2D eigenvalue weighted by molar-refractivity contribution is -0.139. The largest absolute Gasteiger partial charge is 0.480 e. The van der Waals surface area contributed by atoms with Crippen LogP contribution >= 0.6 is 0 Å². The van der Waals surface area contributed by atoms with E-state index < -0.39 is 5.97 Å². The maximum Gasteiger partial charge on any atom is 0.317 e. The fraction of sp³-hybridized carbons (Fsp3) is 0.500. The average molecular weight is 359 g/mol. The van der Waals surface area contributed by atoms with E-state index in [9.17, 15) is 9.59 Å². The van der Waals surface area contributed by atoms with E-state index in [1.165, 1.54) is 0 Å². The molecule has 2 amide bonds. The summed E-state index contributed by atoms with van der Waals surface area (Å²) < 4.78 is 0. The van der Waals surface area contributed by atoms with E-state index in [2.05, 4.69) is 11.4 Å². The van der Waals surface area contributed by atoms with Gasteiger partial charge in [0.15, 0.2) is 0 Å². The van der Waals surface area contributed by atoms with Crippen LogP contribution in [0.1, 0.15) is 32.3 Å². The minimum Gasteiger partial charge on any atom is -0.480 e. The number of carboxylic acids is 1. The SMILES string of the molecule is CCN(CC(=O)O)C1CC(NC(=O)N(C)C/C(C)=C/c2ccccc2)C1. The van der Waals surface area contributed by atoms with Crippen molar-refractivity contribution < 1.29 is 14.7 Å². The smallest absolute Gasteiger partial charge is 0.317 e. The molecule has 1 saturated carbocycles. The lowest BCUT2D eigenvalue weighted by atomic mass is 9.85. The van der Waals surface area contributed by atoms with E-state index in [0.717, 1.165) is 24.0 Å². The quantitative estimate of drug-likeness (QED) is 0.748. The molecule has 2 rings (SSSR count). The molecule has 1 aliphatic carbocycles. The molecule has 26 heavy (non-hydrogen) atoms. The minimum absolute atomic E-state index is 0.0607. The van der Waals surface area contributed by atoms with E-state index in [0.29, 0.717) is 13.1 Å². The first-order valence-electron chi connectivity index (χ1n) is 9.08. The Labute approximate surface area is 155 Å². The van der Waals surface area contributed by atoms with Crippen molar-refractivity contribution in [3.8, 4) is 0 Å². The summed E-state index contributed by atoms with van der Waals surface area (Å²) in [6, 6.07) is 10.3. The lowest BCUT2D eigenvalue weighted by Crippen LogP contribution is -2.56. The van der Waals surface area contributed by atoms with Crippen molar-refractivity contribution >= 4 is 18.1 Å². The molecule has 1 aromatic rings. The van der Waals surface area contributed by atoms with Crippen LogP contribution in [-0.2, 0) is 4.79 Å². The molecule has 0 radical (unpaired) electrons. The van der Waals surface area contributed by atoms with E-state index in [-0.39, 0.29) is 24.7 Å². The Balaban J connectivity index is 1.76. The molecule has 0 saturated heterocycles. The summed E-state index contributed by atoms with van der Waals surface area (Å²) in [5.74, 6) is -0.806. The third kappa shape index (κ3) is 5.88. The first-order valence-corrected chi connectivity index (χ1v) is 9.08. The van der Waals surface area contributed by atoms with Crippen molar-refractivity contribution in [2.45, 2.75) is 38.8 Å². The summed E-state index contributed by atoms with van der Waals surface area (Å²) in [5, 5.41) is 12.0. The number of benzene rings is 1. The number of likely N-dealkylation sites (N-methyl/N-ethyl adjacent to an activating group) is 2. The standard InChI is InChI=1S/C20H29N3O3/c1-4-23(14-19(24)25)18-11-17(12-18)21-20(26)22(3)13-15(2)10-16-8-6-5-7-9-16/h5-10,17-18H,4,11-14H2,1-3H3,(H,21,26)(H,24,25)/b15-10+. The highest BCUT2D eigenvalue weighted by molar-refractivity contribution is 5.75. The number of carbonyl (C=O) groups excluding carboxylic acids is 1. The Hall–Kier alpha value is -2.34. The van der Waals surface area contributed by atoms with Crippen molar-refractivity contribution in [2.24, 2.45) is 0 Å². The Kier molecular flexibility index (Phi) is 7.21. The second kappa shape index (κ2) is 9.38. The van der Waals surface area contributed by atoms with Gasteiger partial charge in [0.1, 0.15) is 0 Å².